The summed E-state index contributed by atoms with van der Waals surface area (Å²) in [4.78, 5) is 20.7. The summed E-state index contributed by atoms with van der Waals surface area (Å²) in [7, 11) is -4.02. The number of carbonyl (C=O) groups excluding carboxylic acids is 1. The molecule has 0 unspecified atom stereocenters. The molecule has 2 aliphatic rings. The summed E-state index contributed by atoms with van der Waals surface area (Å²) in [5.74, 6) is -1.42. The number of ether oxygens (including phenoxy) is 1. The predicted molar refractivity (Wildman–Crippen MR) is 190 cm³/mol. The number of pyridine rings is 1. The van der Waals surface area contributed by atoms with Crippen LogP contribution in [0.5, 0.6) is 0 Å². The second kappa shape index (κ2) is 13.8. The number of piperazine rings is 1. The highest BCUT2D eigenvalue weighted by Gasteiger charge is 2.36. The van der Waals surface area contributed by atoms with E-state index in [0.717, 1.165) is 12.8 Å². The van der Waals surface area contributed by atoms with Crippen LogP contribution in [0.25, 0.3) is 28.1 Å². The second-order valence-electron chi connectivity index (χ2n) is 13.7. The Bertz CT molecular complexity index is 1990. The highest BCUT2D eigenvalue weighted by atomic mass is 35.5. The third kappa shape index (κ3) is 7.42. The van der Waals surface area contributed by atoms with Gasteiger partial charge in [-0.1, -0.05) is 11.6 Å². The van der Waals surface area contributed by atoms with Gasteiger partial charge in [0.2, 0.25) is 0 Å². The number of hydrogen-bond donors (Lipinski definition) is 1. The summed E-state index contributed by atoms with van der Waals surface area (Å²) in [6.45, 7) is 11.0. The number of rotatable bonds is 7. The minimum Gasteiger partial charge on any atom is -0.444 e. The number of halogens is 3. The van der Waals surface area contributed by atoms with Gasteiger partial charge in [0.25, 0.3) is 0 Å². The molecule has 0 radical (unpaired) electrons. The Kier molecular flexibility index (Phi) is 9.81. The number of nitrogens with zero attached hydrogens (tertiary/aromatic N) is 6. The van der Waals surface area contributed by atoms with E-state index in [-0.39, 0.29) is 45.7 Å². The van der Waals surface area contributed by atoms with E-state index in [9.17, 15) is 13.2 Å². The number of nitrogens with one attached hydrogen (secondary N) is 1. The Hall–Kier alpha value is -4.27. The molecule has 2 aromatic heterocycles. The van der Waals surface area contributed by atoms with Crippen molar-refractivity contribution in [2.45, 2.75) is 65.1 Å². The first-order valence-corrected chi connectivity index (χ1v) is 18.3. The normalized spacial score (nSPS) is 18.8. The topological polar surface area (TPSA) is 113 Å². The monoisotopic (exact) mass is 727 g/mol. The third-order valence-electron chi connectivity index (χ3n) is 8.71. The van der Waals surface area contributed by atoms with Gasteiger partial charge in [-0.2, -0.15) is 17.8 Å². The standard InChI is InChI=1S/C35H40ClF2N7O4S/c1-22-19-42(20-23(2)45(22)34(46)49-35(3,4)5)26-8-9-31(29(37)18-26)44-21-28(33(40-44)24-10-12-39-13-11-24)27-16-25(36)17-30(32(27)38)41-50(47,48)43-14-6-7-15-43/h8-13,16-18,21-23,41H,6-7,14-15,19-20H2,1-5H3/t22-,23-/m1/s1. The molecule has 2 aromatic carbocycles. The van der Waals surface area contributed by atoms with Crippen molar-refractivity contribution in [1.82, 2.24) is 24.0 Å². The van der Waals surface area contributed by atoms with Crippen LogP contribution in [0.1, 0.15) is 47.5 Å². The molecule has 11 nitrogen and oxygen atoms in total. The molecule has 2 atom stereocenters. The van der Waals surface area contributed by atoms with Gasteiger partial charge in [-0.25, -0.2) is 18.3 Å². The summed E-state index contributed by atoms with van der Waals surface area (Å²) in [6.07, 6.45) is 5.67. The Morgan fingerprint density at radius 3 is 2.26 bits per heavy atom. The predicted octanol–water partition coefficient (Wildman–Crippen LogP) is 7.12. The van der Waals surface area contributed by atoms with Crippen molar-refractivity contribution in [3.05, 3.63) is 77.7 Å². The third-order valence-corrected chi connectivity index (χ3v) is 10.4. The maximum absolute atomic E-state index is 16.3. The first kappa shape index (κ1) is 35.6. The van der Waals surface area contributed by atoms with Gasteiger partial charge in [0.05, 0.1) is 17.8 Å². The van der Waals surface area contributed by atoms with Crippen molar-refractivity contribution in [3.63, 3.8) is 0 Å². The molecular formula is C35H40ClF2N7O4S. The van der Waals surface area contributed by atoms with Crippen LogP contribution in [0.3, 0.4) is 0 Å². The molecule has 50 heavy (non-hydrogen) atoms. The number of anilines is 2. The lowest BCUT2D eigenvalue weighted by molar-refractivity contribution is 0.00565. The molecule has 1 N–H and O–H groups in total. The molecule has 2 aliphatic heterocycles. The Balaban J connectivity index is 1.33. The van der Waals surface area contributed by atoms with Crippen LogP contribution < -0.4 is 9.62 Å². The summed E-state index contributed by atoms with van der Waals surface area (Å²) in [6, 6.07) is 10.4. The van der Waals surface area contributed by atoms with Gasteiger partial charge in [0, 0.05) is 72.2 Å². The van der Waals surface area contributed by atoms with Crippen LogP contribution in [0.4, 0.5) is 25.0 Å². The fourth-order valence-electron chi connectivity index (χ4n) is 6.50. The van der Waals surface area contributed by atoms with Gasteiger partial charge in [-0.15, -0.1) is 0 Å². The smallest absolute Gasteiger partial charge is 0.410 e. The average Bonchev–Trinajstić information content (AvgIpc) is 3.74. The molecule has 2 fully saturated rings. The van der Waals surface area contributed by atoms with E-state index in [1.54, 1.807) is 41.6 Å². The minimum absolute atomic E-state index is 0.0162. The highest BCUT2D eigenvalue weighted by molar-refractivity contribution is 7.90. The van der Waals surface area contributed by atoms with Gasteiger partial charge >= 0.3 is 16.3 Å². The van der Waals surface area contributed by atoms with Crippen LogP contribution in [0, 0.1) is 11.6 Å². The first-order valence-electron chi connectivity index (χ1n) is 16.4. The molecule has 2 saturated heterocycles. The molecule has 4 heterocycles. The van der Waals surface area contributed by atoms with Crippen molar-refractivity contribution in [3.8, 4) is 28.1 Å². The fourth-order valence-corrected chi connectivity index (χ4v) is 8.01. The van der Waals surface area contributed by atoms with Gasteiger partial charge in [-0.3, -0.25) is 14.6 Å². The van der Waals surface area contributed by atoms with Crippen LogP contribution in [0.15, 0.2) is 61.1 Å². The van der Waals surface area contributed by atoms with Gasteiger partial charge in [0.15, 0.2) is 11.6 Å². The van der Waals surface area contributed by atoms with Gasteiger partial charge in [-0.05, 0) is 89.9 Å². The number of aromatic nitrogens is 3. The summed E-state index contributed by atoms with van der Waals surface area (Å²) in [5, 5.41) is 4.77. The average molecular weight is 728 g/mol. The van der Waals surface area contributed by atoms with E-state index in [1.165, 1.54) is 33.4 Å². The fraction of sp³-hybridized carbons (Fsp3) is 0.400. The van der Waals surface area contributed by atoms with Crippen LogP contribution in [-0.2, 0) is 14.9 Å². The summed E-state index contributed by atoms with van der Waals surface area (Å²) >= 11 is 6.43. The maximum atomic E-state index is 16.3. The Morgan fingerprint density at radius 2 is 1.64 bits per heavy atom. The zero-order valence-corrected chi connectivity index (χ0v) is 30.1. The summed E-state index contributed by atoms with van der Waals surface area (Å²) in [5.41, 5.74) is 0.953. The SMILES string of the molecule is C[C@@H]1CN(c2ccc(-n3cc(-c4cc(Cl)cc(NS(=O)(=O)N5CCCC5)c4F)c(-c4ccncc4)n3)c(F)c2)C[C@@H](C)N1C(=O)OC(C)(C)C. The lowest BCUT2D eigenvalue weighted by Crippen LogP contribution is -2.59. The molecule has 4 aromatic rings. The van der Waals surface area contributed by atoms with E-state index in [0.29, 0.717) is 43.1 Å². The zero-order chi connectivity index (χ0) is 36.0. The molecule has 0 bridgehead atoms. The van der Waals surface area contributed by atoms with Crippen molar-refractivity contribution in [2.75, 3.05) is 35.8 Å². The lowest BCUT2D eigenvalue weighted by atomic mass is 10.0. The van der Waals surface area contributed by atoms with Crippen molar-refractivity contribution in [1.29, 1.82) is 0 Å². The number of carbonyl (C=O) groups is 1. The first-order chi connectivity index (χ1) is 23.6. The molecule has 1 amide bonds. The van der Waals surface area contributed by atoms with Gasteiger partial charge in [0.1, 0.15) is 17.0 Å². The van der Waals surface area contributed by atoms with E-state index in [2.05, 4.69) is 14.8 Å². The van der Waals surface area contributed by atoms with Crippen molar-refractivity contribution in [2.24, 2.45) is 0 Å². The number of benzene rings is 2. The van der Waals surface area contributed by atoms with Gasteiger partial charge < -0.3 is 9.64 Å². The quantitative estimate of drug-likeness (QED) is 0.216. The second-order valence-corrected chi connectivity index (χ2v) is 15.8. The van der Waals surface area contributed by atoms with E-state index in [4.69, 9.17) is 16.3 Å². The molecule has 266 valence electrons. The number of amides is 1. The van der Waals surface area contributed by atoms with E-state index < -0.39 is 27.4 Å². The summed E-state index contributed by atoms with van der Waals surface area (Å²) < 4.78 is 68.9. The lowest BCUT2D eigenvalue weighted by Gasteiger charge is -2.45. The number of hydrogen-bond acceptors (Lipinski definition) is 7. The molecular weight excluding hydrogens is 688 g/mol. The molecule has 0 saturated carbocycles. The van der Waals surface area contributed by atoms with Crippen molar-refractivity contribution < 1.29 is 26.7 Å². The largest absolute Gasteiger partial charge is 0.444 e. The van der Waals surface area contributed by atoms with Crippen LogP contribution >= 0.6 is 11.6 Å². The molecule has 6 rings (SSSR count). The van der Waals surface area contributed by atoms with Crippen molar-refractivity contribution >= 4 is 39.3 Å². The van der Waals surface area contributed by atoms with Crippen LogP contribution in [-0.4, -0.2) is 82.3 Å². The van der Waals surface area contributed by atoms with E-state index >= 15 is 8.78 Å². The van der Waals surface area contributed by atoms with Crippen LogP contribution in [0.2, 0.25) is 5.02 Å². The Labute approximate surface area is 296 Å². The molecule has 0 aliphatic carbocycles. The Morgan fingerprint density at radius 1 is 0.980 bits per heavy atom. The molecule has 15 heteroatoms. The minimum atomic E-state index is -4.02. The van der Waals surface area contributed by atoms with E-state index in [1.807, 2.05) is 39.5 Å². The maximum Gasteiger partial charge on any atom is 0.410 e. The highest BCUT2D eigenvalue weighted by Crippen LogP contribution is 2.38. The zero-order valence-electron chi connectivity index (χ0n) is 28.5. The molecule has 0 spiro atoms.